The van der Waals surface area contributed by atoms with E-state index in [0.29, 0.717) is 5.46 Å². The van der Waals surface area contributed by atoms with Crippen LogP contribution >= 0.6 is 0 Å². The van der Waals surface area contributed by atoms with Gasteiger partial charge < -0.3 is 10.0 Å². The van der Waals surface area contributed by atoms with Gasteiger partial charge in [-0.1, -0.05) is 0 Å². The van der Waals surface area contributed by atoms with Crippen LogP contribution < -0.4 is 63.7 Å². The van der Waals surface area contributed by atoms with Crippen LogP contribution in [0.1, 0.15) is 0 Å². The molecule has 46 valence electrons. The summed E-state index contributed by atoms with van der Waals surface area (Å²) in [6.07, 6.45) is 0. The minimum atomic E-state index is -1.36. The molecule has 0 aliphatic rings. The standard InChI is InChI=1S/C6H6BO2.Rb/c8-7(9)6-4-2-1-3-5-6;/h2-5,8-9H;/q-1;+1. The number of benzene rings is 1. The zero-order valence-electron chi connectivity index (χ0n) is 5.78. The summed E-state index contributed by atoms with van der Waals surface area (Å²) < 4.78 is 0. The van der Waals surface area contributed by atoms with Gasteiger partial charge >= 0.3 is 65.3 Å². The first-order valence-corrected chi connectivity index (χ1v) is 2.63. The molecule has 0 aliphatic heterocycles. The van der Waals surface area contributed by atoms with E-state index < -0.39 is 7.12 Å². The molecule has 0 amide bonds. The average molecular weight is 206 g/mol. The van der Waals surface area contributed by atoms with Crippen molar-refractivity contribution in [3.05, 3.63) is 30.3 Å². The van der Waals surface area contributed by atoms with E-state index in [-0.39, 0.29) is 58.2 Å². The van der Waals surface area contributed by atoms with E-state index in [2.05, 4.69) is 6.07 Å². The molecule has 0 atom stereocenters. The number of rotatable bonds is 1. The Bertz CT molecular complexity index is 178. The molecule has 2 nitrogen and oxygen atoms in total. The van der Waals surface area contributed by atoms with Crippen LogP contribution in [0, 0.1) is 6.07 Å². The van der Waals surface area contributed by atoms with E-state index in [0.717, 1.165) is 0 Å². The number of hydrogen-bond donors (Lipinski definition) is 2. The van der Waals surface area contributed by atoms with Crippen molar-refractivity contribution in [2.24, 2.45) is 0 Å². The third-order valence-corrected chi connectivity index (χ3v) is 1.04. The van der Waals surface area contributed by atoms with Crippen LogP contribution in [-0.4, -0.2) is 17.2 Å². The van der Waals surface area contributed by atoms with Gasteiger partial charge in [-0.25, -0.2) is 0 Å². The Morgan fingerprint density at radius 3 is 2.00 bits per heavy atom. The second-order valence-electron chi connectivity index (χ2n) is 1.71. The molecule has 4 heteroatoms. The van der Waals surface area contributed by atoms with Crippen LogP contribution in [0.4, 0.5) is 0 Å². The Balaban J connectivity index is 0.000000810. The minimum Gasteiger partial charge on any atom is -0.425 e. The summed E-state index contributed by atoms with van der Waals surface area (Å²) in [5.74, 6) is 0. The fourth-order valence-corrected chi connectivity index (χ4v) is 0.572. The first-order chi connectivity index (χ1) is 4.30. The Labute approximate surface area is 109 Å². The van der Waals surface area contributed by atoms with Crippen LogP contribution in [0.15, 0.2) is 24.3 Å². The Hall–Kier alpha value is 1.01. The van der Waals surface area contributed by atoms with Crippen molar-refractivity contribution in [3.8, 4) is 0 Å². The Morgan fingerprint density at radius 1 is 1.20 bits per heavy atom. The van der Waals surface area contributed by atoms with Crippen molar-refractivity contribution in [1.29, 1.82) is 0 Å². The van der Waals surface area contributed by atoms with Crippen molar-refractivity contribution in [3.63, 3.8) is 0 Å². The summed E-state index contributed by atoms with van der Waals surface area (Å²) in [4.78, 5) is 0. The van der Waals surface area contributed by atoms with E-state index in [1.54, 1.807) is 24.3 Å². The molecule has 0 aliphatic carbocycles. The molecule has 10 heavy (non-hydrogen) atoms. The van der Waals surface area contributed by atoms with Crippen molar-refractivity contribution >= 4 is 12.6 Å². The fraction of sp³-hybridized carbons (Fsp3) is 0. The van der Waals surface area contributed by atoms with E-state index >= 15 is 0 Å². The third kappa shape index (κ3) is 3.42. The minimum absolute atomic E-state index is 0. The zero-order chi connectivity index (χ0) is 6.69. The largest absolute Gasteiger partial charge is 1.00 e. The SMILES string of the molecule is OB(O)c1cc[c-]cc1.[Rb+]. The molecule has 0 fully saturated rings. The molecule has 0 spiro atoms. The molecule has 0 saturated heterocycles. The van der Waals surface area contributed by atoms with Crippen LogP contribution in [0.25, 0.3) is 0 Å². The predicted octanol–water partition coefficient (Wildman–Crippen LogP) is -3.83. The molecule has 0 heterocycles. The Kier molecular flexibility index (Phi) is 6.20. The molecule has 0 aromatic heterocycles. The molecule has 1 aromatic rings. The molecule has 1 rings (SSSR count). The van der Waals surface area contributed by atoms with E-state index in [1.807, 2.05) is 0 Å². The maximum absolute atomic E-state index is 8.57. The summed E-state index contributed by atoms with van der Waals surface area (Å²) in [7, 11) is -1.36. The monoisotopic (exact) mass is 206 g/mol. The van der Waals surface area contributed by atoms with Crippen molar-refractivity contribution < 1.29 is 68.2 Å². The zero-order valence-corrected chi connectivity index (χ0v) is 10.7. The molecule has 2 N–H and O–H groups in total. The summed E-state index contributed by atoms with van der Waals surface area (Å²) >= 11 is 0. The van der Waals surface area contributed by atoms with Gasteiger partial charge in [-0.05, 0) is 0 Å². The molecular weight excluding hydrogens is 200 g/mol. The quantitative estimate of drug-likeness (QED) is 0.365. The molecule has 1 aromatic carbocycles. The Morgan fingerprint density at radius 2 is 1.70 bits per heavy atom. The van der Waals surface area contributed by atoms with Crippen molar-refractivity contribution in [2.45, 2.75) is 0 Å². The van der Waals surface area contributed by atoms with Gasteiger partial charge in [0.2, 0.25) is 0 Å². The molecule has 0 unspecified atom stereocenters. The van der Waals surface area contributed by atoms with Gasteiger partial charge in [-0.3, -0.25) is 0 Å². The smallest absolute Gasteiger partial charge is 0.425 e. The van der Waals surface area contributed by atoms with Crippen LogP contribution in [-0.2, 0) is 0 Å². The maximum atomic E-state index is 8.57. The third-order valence-electron chi connectivity index (χ3n) is 1.04. The molecule has 0 radical (unpaired) electrons. The predicted molar refractivity (Wildman–Crippen MR) is 35.1 cm³/mol. The van der Waals surface area contributed by atoms with Crippen molar-refractivity contribution in [2.75, 3.05) is 0 Å². The van der Waals surface area contributed by atoms with E-state index in [4.69, 9.17) is 10.0 Å². The second-order valence-corrected chi connectivity index (χ2v) is 1.71. The van der Waals surface area contributed by atoms with Gasteiger partial charge in [0.15, 0.2) is 0 Å². The number of hydrogen-bond acceptors (Lipinski definition) is 2. The maximum Gasteiger partial charge on any atom is 1.00 e. The first-order valence-electron chi connectivity index (χ1n) is 2.63. The summed E-state index contributed by atoms with van der Waals surface area (Å²) in [6, 6.07) is 9.24. The van der Waals surface area contributed by atoms with Gasteiger partial charge in [0.25, 0.3) is 0 Å². The normalized spacial score (nSPS) is 8.20. The molecule has 0 saturated carbocycles. The topological polar surface area (TPSA) is 40.5 Å². The van der Waals surface area contributed by atoms with E-state index in [9.17, 15) is 0 Å². The van der Waals surface area contributed by atoms with Crippen LogP contribution in [0.5, 0.6) is 0 Å². The summed E-state index contributed by atoms with van der Waals surface area (Å²) in [5.41, 5.74) is 0.494. The summed E-state index contributed by atoms with van der Waals surface area (Å²) in [5, 5.41) is 17.1. The van der Waals surface area contributed by atoms with Crippen LogP contribution in [0.3, 0.4) is 0 Å². The van der Waals surface area contributed by atoms with Gasteiger partial charge in [-0.15, -0.1) is 5.46 Å². The van der Waals surface area contributed by atoms with Gasteiger partial charge in [0.1, 0.15) is 0 Å². The average Bonchev–Trinajstić information content (AvgIpc) is 1.90. The van der Waals surface area contributed by atoms with E-state index in [1.165, 1.54) is 0 Å². The summed E-state index contributed by atoms with van der Waals surface area (Å²) in [6.45, 7) is 0. The first kappa shape index (κ1) is 11.0. The second kappa shape index (κ2) is 5.63. The fourth-order valence-electron chi connectivity index (χ4n) is 0.572. The van der Waals surface area contributed by atoms with Crippen LogP contribution in [0.2, 0.25) is 0 Å². The van der Waals surface area contributed by atoms with Gasteiger partial charge in [-0.2, -0.15) is 30.3 Å². The van der Waals surface area contributed by atoms with Crippen molar-refractivity contribution in [1.82, 2.24) is 0 Å². The van der Waals surface area contributed by atoms with Gasteiger partial charge in [0.05, 0.1) is 0 Å². The van der Waals surface area contributed by atoms with Gasteiger partial charge in [0, 0.05) is 0 Å². The molecule has 0 bridgehead atoms. The molecular formula is C6H6BO2Rb.